The standard InChI is InChI=1S/C69H135NO8/c1-3-5-7-9-11-13-15-17-19-21-23-25-27-28-29-30-31-32-33-34-35-37-38-40-42-44-46-48-50-52-54-56-58-63(72)62(61-77-69-68(76)67(75)66(74)64(60-71)78-69)70-65(73)59-57-55-53-51-49-47-45-43-41-39-36-26-24-22-20-18-16-14-12-10-8-6-4-2/h56,58,62-64,66-69,71-72,74-76H,3-55,57,59-61H2,1-2H3,(H,70,73)/b58-56+. The normalized spacial score (nSPS) is 18.6. The molecule has 1 heterocycles. The molecule has 6 N–H and O–H groups in total. The second kappa shape index (κ2) is 59.1. The highest BCUT2D eigenvalue weighted by molar-refractivity contribution is 5.76. The summed E-state index contributed by atoms with van der Waals surface area (Å²) < 4.78 is 11.3. The first-order chi connectivity index (χ1) is 38.3. The van der Waals surface area contributed by atoms with E-state index in [4.69, 9.17) is 9.47 Å². The molecule has 7 unspecified atom stereocenters. The number of nitrogens with one attached hydrogen (secondary N) is 1. The molecular formula is C69H135NO8. The molecule has 0 aromatic rings. The van der Waals surface area contributed by atoms with Gasteiger partial charge in [-0.15, -0.1) is 0 Å². The molecule has 464 valence electrons. The van der Waals surface area contributed by atoms with Crippen LogP contribution in [0.15, 0.2) is 12.2 Å². The van der Waals surface area contributed by atoms with Gasteiger partial charge in [0.2, 0.25) is 5.91 Å². The van der Waals surface area contributed by atoms with Crippen molar-refractivity contribution in [2.45, 2.75) is 410 Å². The summed E-state index contributed by atoms with van der Waals surface area (Å²) in [6.07, 6.45) is 68.9. The quantitative estimate of drug-likeness (QED) is 0.0261. The average Bonchev–Trinajstić information content (AvgIpc) is 3.45. The van der Waals surface area contributed by atoms with Gasteiger partial charge < -0.3 is 40.3 Å². The molecule has 0 saturated carbocycles. The van der Waals surface area contributed by atoms with Crippen molar-refractivity contribution in [2.75, 3.05) is 13.2 Å². The maximum absolute atomic E-state index is 13.1. The van der Waals surface area contributed by atoms with Gasteiger partial charge in [-0.1, -0.05) is 353 Å². The monoisotopic (exact) mass is 1110 g/mol. The van der Waals surface area contributed by atoms with Crippen molar-refractivity contribution >= 4 is 5.91 Å². The fraction of sp³-hybridized carbons (Fsp3) is 0.957. The van der Waals surface area contributed by atoms with Crippen molar-refractivity contribution in [3.63, 3.8) is 0 Å². The van der Waals surface area contributed by atoms with Gasteiger partial charge in [-0.3, -0.25) is 4.79 Å². The van der Waals surface area contributed by atoms with Crippen LogP contribution < -0.4 is 5.32 Å². The van der Waals surface area contributed by atoms with Crippen molar-refractivity contribution in [1.29, 1.82) is 0 Å². The SMILES string of the molecule is CCCCCCCCCCCCCCCCCCCCCCCCCCCCCCCC/C=C/C(O)C(COC1OC(CO)C(O)C(O)C1O)NC(=O)CCCCCCCCCCCCCCCCCCCCCCCCC. The van der Waals surface area contributed by atoms with Crippen LogP contribution in [-0.2, 0) is 14.3 Å². The van der Waals surface area contributed by atoms with Crippen LogP contribution in [0.3, 0.4) is 0 Å². The summed E-state index contributed by atoms with van der Waals surface area (Å²) >= 11 is 0. The molecule has 0 radical (unpaired) electrons. The molecule has 0 aromatic heterocycles. The molecule has 1 aliphatic rings. The van der Waals surface area contributed by atoms with Gasteiger partial charge in [-0.2, -0.15) is 0 Å². The minimum Gasteiger partial charge on any atom is -0.394 e. The molecule has 1 rings (SSSR count). The molecule has 78 heavy (non-hydrogen) atoms. The van der Waals surface area contributed by atoms with Crippen LogP contribution in [0.1, 0.15) is 367 Å². The third-order valence-corrected chi connectivity index (χ3v) is 17.1. The number of ether oxygens (including phenoxy) is 2. The summed E-state index contributed by atoms with van der Waals surface area (Å²) in [5, 5.41) is 54.8. The zero-order valence-electron chi connectivity index (χ0n) is 52.0. The first-order valence-electron chi connectivity index (χ1n) is 34.9. The van der Waals surface area contributed by atoms with E-state index in [1.165, 1.54) is 308 Å². The minimum atomic E-state index is -1.56. The van der Waals surface area contributed by atoms with Crippen molar-refractivity contribution < 1.29 is 39.8 Å². The van der Waals surface area contributed by atoms with E-state index in [2.05, 4.69) is 19.2 Å². The van der Waals surface area contributed by atoms with Crippen LogP contribution in [0.2, 0.25) is 0 Å². The number of hydrogen-bond acceptors (Lipinski definition) is 8. The largest absolute Gasteiger partial charge is 0.394 e. The van der Waals surface area contributed by atoms with Crippen LogP contribution >= 0.6 is 0 Å². The molecule has 1 amide bonds. The second-order valence-electron chi connectivity index (χ2n) is 24.7. The number of rotatable bonds is 62. The zero-order valence-corrected chi connectivity index (χ0v) is 52.0. The molecule has 0 spiro atoms. The fourth-order valence-corrected chi connectivity index (χ4v) is 11.6. The zero-order chi connectivity index (χ0) is 56.5. The fourth-order valence-electron chi connectivity index (χ4n) is 11.6. The Bertz CT molecular complexity index is 1240. The smallest absolute Gasteiger partial charge is 0.220 e. The number of hydrogen-bond donors (Lipinski definition) is 6. The van der Waals surface area contributed by atoms with Gasteiger partial charge in [0.1, 0.15) is 24.4 Å². The third-order valence-electron chi connectivity index (χ3n) is 17.1. The van der Waals surface area contributed by atoms with Gasteiger partial charge in [0.05, 0.1) is 25.4 Å². The molecular weight excluding hydrogens is 971 g/mol. The van der Waals surface area contributed by atoms with E-state index < -0.39 is 49.5 Å². The predicted octanol–water partition coefficient (Wildman–Crippen LogP) is 18.7. The maximum atomic E-state index is 13.1. The summed E-state index contributed by atoms with van der Waals surface area (Å²) in [7, 11) is 0. The Morgan fingerprint density at radius 1 is 0.423 bits per heavy atom. The van der Waals surface area contributed by atoms with E-state index in [-0.39, 0.29) is 12.5 Å². The van der Waals surface area contributed by atoms with E-state index in [0.717, 1.165) is 38.5 Å². The molecule has 0 aromatic carbocycles. The lowest BCUT2D eigenvalue weighted by Gasteiger charge is -2.40. The number of carbonyl (C=O) groups excluding carboxylic acids is 1. The van der Waals surface area contributed by atoms with Gasteiger partial charge in [0.25, 0.3) is 0 Å². The topological polar surface area (TPSA) is 149 Å². The molecule has 7 atom stereocenters. The lowest BCUT2D eigenvalue weighted by molar-refractivity contribution is -0.302. The van der Waals surface area contributed by atoms with Crippen molar-refractivity contribution in [1.82, 2.24) is 5.32 Å². The van der Waals surface area contributed by atoms with Crippen LogP contribution in [0.5, 0.6) is 0 Å². The van der Waals surface area contributed by atoms with E-state index in [9.17, 15) is 30.3 Å². The number of unbranched alkanes of at least 4 members (excludes halogenated alkanes) is 52. The molecule has 9 nitrogen and oxygen atoms in total. The maximum Gasteiger partial charge on any atom is 0.220 e. The van der Waals surface area contributed by atoms with E-state index in [1.807, 2.05) is 6.08 Å². The number of aliphatic hydroxyl groups is 5. The highest BCUT2D eigenvalue weighted by Crippen LogP contribution is 2.24. The number of allylic oxidation sites excluding steroid dienone is 1. The highest BCUT2D eigenvalue weighted by atomic mass is 16.7. The van der Waals surface area contributed by atoms with Crippen LogP contribution in [0, 0.1) is 0 Å². The molecule has 0 bridgehead atoms. The third kappa shape index (κ3) is 47.4. The van der Waals surface area contributed by atoms with Gasteiger partial charge in [0, 0.05) is 6.42 Å². The van der Waals surface area contributed by atoms with Crippen molar-refractivity contribution in [3.05, 3.63) is 12.2 Å². The van der Waals surface area contributed by atoms with Gasteiger partial charge >= 0.3 is 0 Å². The van der Waals surface area contributed by atoms with E-state index in [1.54, 1.807) is 6.08 Å². The Morgan fingerprint density at radius 2 is 0.705 bits per heavy atom. The summed E-state index contributed by atoms with van der Waals surface area (Å²) in [5.74, 6) is -0.167. The Kier molecular flexibility index (Phi) is 56.8. The van der Waals surface area contributed by atoms with Crippen LogP contribution in [0.25, 0.3) is 0 Å². The van der Waals surface area contributed by atoms with Gasteiger partial charge in [0.15, 0.2) is 6.29 Å². The Hall–Kier alpha value is -1.07. The molecule has 1 saturated heterocycles. The van der Waals surface area contributed by atoms with E-state index in [0.29, 0.717) is 6.42 Å². The molecule has 1 aliphatic heterocycles. The van der Waals surface area contributed by atoms with Crippen molar-refractivity contribution in [2.24, 2.45) is 0 Å². The number of carbonyl (C=O) groups is 1. The van der Waals surface area contributed by atoms with Gasteiger partial charge in [-0.05, 0) is 19.3 Å². The van der Waals surface area contributed by atoms with Crippen LogP contribution in [0.4, 0.5) is 0 Å². The first-order valence-corrected chi connectivity index (χ1v) is 34.9. The molecule has 9 heteroatoms. The van der Waals surface area contributed by atoms with Gasteiger partial charge in [-0.25, -0.2) is 0 Å². The summed E-state index contributed by atoms with van der Waals surface area (Å²) in [6, 6.07) is -0.802. The minimum absolute atomic E-state index is 0.167. The lowest BCUT2D eigenvalue weighted by Crippen LogP contribution is -2.60. The molecule has 0 aliphatic carbocycles. The van der Waals surface area contributed by atoms with Crippen LogP contribution in [-0.4, -0.2) is 87.5 Å². The summed E-state index contributed by atoms with van der Waals surface area (Å²) in [6.45, 7) is 3.85. The number of amides is 1. The highest BCUT2D eigenvalue weighted by Gasteiger charge is 2.44. The summed E-state index contributed by atoms with van der Waals surface area (Å²) in [5.41, 5.74) is 0. The number of aliphatic hydroxyl groups excluding tert-OH is 5. The second-order valence-corrected chi connectivity index (χ2v) is 24.7. The lowest BCUT2D eigenvalue weighted by atomic mass is 9.99. The average molecular weight is 1110 g/mol. The summed E-state index contributed by atoms with van der Waals surface area (Å²) in [4.78, 5) is 13.1. The Labute approximate surface area is 484 Å². The Morgan fingerprint density at radius 3 is 1.00 bits per heavy atom. The first kappa shape index (κ1) is 74.9. The Balaban J connectivity index is 2.11. The predicted molar refractivity (Wildman–Crippen MR) is 332 cm³/mol. The van der Waals surface area contributed by atoms with E-state index >= 15 is 0 Å². The van der Waals surface area contributed by atoms with Crippen molar-refractivity contribution in [3.8, 4) is 0 Å². The molecule has 1 fully saturated rings.